The van der Waals surface area contributed by atoms with Gasteiger partial charge in [0.2, 0.25) is 0 Å². The van der Waals surface area contributed by atoms with Gasteiger partial charge in [0.1, 0.15) is 0 Å². The Bertz CT molecular complexity index is 321. The SMILES string of the molecule is OC(CNCC1(O)CCCC1)Cn1cccn1. The molecule has 0 aromatic carbocycles. The summed E-state index contributed by atoms with van der Waals surface area (Å²) in [6.07, 6.45) is 7.00. The standard InChI is InChI=1S/C12H21N3O2/c16-11(9-15-7-3-6-14-15)8-13-10-12(17)4-1-2-5-12/h3,6-7,11,13,16-17H,1-2,4-5,8-10H2. The zero-order chi connectivity index (χ0) is 12.1. The Morgan fingerprint density at radius 1 is 1.41 bits per heavy atom. The lowest BCUT2D eigenvalue weighted by Gasteiger charge is -2.23. The Morgan fingerprint density at radius 3 is 2.82 bits per heavy atom. The molecular weight excluding hydrogens is 218 g/mol. The largest absolute Gasteiger partial charge is 0.390 e. The van der Waals surface area contributed by atoms with Gasteiger partial charge in [-0.15, -0.1) is 0 Å². The summed E-state index contributed by atoms with van der Waals surface area (Å²) in [5, 5.41) is 27.0. The van der Waals surface area contributed by atoms with Gasteiger partial charge in [-0.1, -0.05) is 12.8 Å². The maximum atomic E-state index is 10.1. The van der Waals surface area contributed by atoms with Crippen molar-refractivity contribution >= 4 is 0 Å². The van der Waals surface area contributed by atoms with Gasteiger partial charge in [-0.3, -0.25) is 4.68 Å². The minimum absolute atomic E-state index is 0.472. The van der Waals surface area contributed by atoms with Crippen LogP contribution in [0, 0.1) is 0 Å². The first kappa shape index (κ1) is 12.5. The first-order valence-corrected chi connectivity index (χ1v) is 6.27. The molecule has 1 aromatic heterocycles. The first-order valence-electron chi connectivity index (χ1n) is 6.27. The van der Waals surface area contributed by atoms with Crippen molar-refractivity contribution in [3.8, 4) is 0 Å². The molecule has 3 N–H and O–H groups in total. The maximum Gasteiger partial charge on any atom is 0.0860 e. The maximum absolute atomic E-state index is 10.1. The van der Waals surface area contributed by atoms with E-state index in [2.05, 4.69) is 10.4 Å². The van der Waals surface area contributed by atoms with Crippen molar-refractivity contribution in [2.24, 2.45) is 0 Å². The van der Waals surface area contributed by atoms with Crippen molar-refractivity contribution in [3.63, 3.8) is 0 Å². The highest BCUT2D eigenvalue weighted by Gasteiger charge is 2.30. The van der Waals surface area contributed by atoms with Crippen molar-refractivity contribution in [3.05, 3.63) is 18.5 Å². The van der Waals surface area contributed by atoms with Crippen LogP contribution >= 0.6 is 0 Å². The van der Waals surface area contributed by atoms with E-state index < -0.39 is 11.7 Å². The third-order valence-electron chi connectivity index (χ3n) is 3.33. The average molecular weight is 239 g/mol. The molecule has 1 aromatic rings. The summed E-state index contributed by atoms with van der Waals surface area (Å²) in [4.78, 5) is 0. The number of aliphatic hydroxyl groups excluding tert-OH is 1. The third kappa shape index (κ3) is 3.80. The van der Waals surface area contributed by atoms with Crippen LogP contribution in [0.2, 0.25) is 0 Å². The molecule has 1 atom stereocenters. The highest BCUT2D eigenvalue weighted by atomic mass is 16.3. The number of hydrogen-bond donors (Lipinski definition) is 3. The Kier molecular flexibility index (Phi) is 4.15. The summed E-state index contributed by atoms with van der Waals surface area (Å²) >= 11 is 0. The normalized spacial score (nSPS) is 20.6. The summed E-state index contributed by atoms with van der Waals surface area (Å²) in [7, 11) is 0. The molecule has 1 fully saturated rings. The molecule has 0 aliphatic heterocycles. The lowest BCUT2D eigenvalue weighted by Crippen LogP contribution is -2.41. The van der Waals surface area contributed by atoms with Gasteiger partial charge in [0.05, 0.1) is 18.2 Å². The van der Waals surface area contributed by atoms with Crippen molar-refractivity contribution in [2.75, 3.05) is 13.1 Å². The van der Waals surface area contributed by atoms with Crippen molar-refractivity contribution < 1.29 is 10.2 Å². The van der Waals surface area contributed by atoms with Gasteiger partial charge in [-0.25, -0.2) is 0 Å². The Morgan fingerprint density at radius 2 is 2.18 bits per heavy atom. The molecule has 5 nitrogen and oxygen atoms in total. The van der Waals surface area contributed by atoms with Crippen LogP contribution in [-0.2, 0) is 6.54 Å². The van der Waals surface area contributed by atoms with E-state index in [0.29, 0.717) is 19.6 Å². The summed E-state index contributed by atoms with van der Waals surface area (Å²) < 4.78 is 1.70. The fourth-order valence-corrected chi connectivity index (χ4v) is 2.37. The second kappa shape index (κ2) is 5.62. The molecule has 1 aliphatic carbocycles. The molecule has 1 saturated carbocycles. The van der Waals surface area contributed by atoms with E-state index >= 15 is 0 Å². The Balaban J connectivity index is 1.64. The van der Waals surface area contributed by atoms with Gasteiger partial charge in [-0.05, 0) is 18.9 Å². The molecule has 0 spiro atoms. The number of aromatic nitrogens is 2. The van der Waals surface area contributed by atoms with Crippen LogP contribution in [0.25, 0.3) is 0 Å². The lowest BCUT2D eigenvalue weighted by atomic mass is 10.0. The quantitative estimate of drug-likeness (QED) is 0.660. The molecule has 0 saturated heterocycles. The van der Waals surface area contributed by atoms with Crippen LogP contribution in [0.5, 0.6) is 0 Å². The van der Waals surface area contributed by atoms with E-state index in [1.807, 2.05) is 12.3 Å². The molecule has 1 unspecified atom stereocenters. The average Bonchev–Trinajstić information content (AvgIpc) is 2.90. The first-order chi connectivity index (χ1) is 8.18. The molecule has 0 radical (unpaired) electrons. The van der Waals surface area contributed by atoms with Crippen molar-refractivity contribution in [1.29, 1.82) is 0 Å². The van der Waals surface area contributed by atoms with E-state index in [-0.39, 0.29) is 0 Å². The van der Waals surface area contributed by atoms with Gasteiger partial charge in [-0.2, -0.15) is 5.10 Å². The van der Waals surface area contributed by atoms with E-state index in [9.17, 15) is 10.2 Å². The number of aliphatic hydroxyl groups is 2. The second-order valence-electron chi connectivity index (χ2n) is 4.94. The van der Waals surface area contributed by atoms with Crippen LogP contribution < -0.4 is 5.32 Å². The van der Waals surface area contributed by atoms with Gasteiger partial charge in [0.15, 0.2) is 0 Å². The molecule has 1 heterocycles. The van der Waals surface area contributed by atoms with Gasteiger partial charge < -0.3 is 15.5 Å². The zero-order valence-electron chi connectivity index (χ0n) is 10.0. The highest BCUT2D eigenvalue weighted by molar-refractivity contribution is 4.86. The summed E-state index contributed by atoms with van der Waals surface area (Å²) in [6.45, 7) is 1.55. The van der Waals surface area contributed by atoms with E-state index in [0.717, 1.165) is 25.7 Å². The van der Waals surface area contributed by atoms with Gasteiger partial charge >= 0.3 is 0 Å². The molecule has 1 aliphatic rings. The zero-order valence-corrected chi connectivity index (χ0v) is 10.0. The molecule has 2 rings (SSSR count). The van der Waals surface area contributed by atoms with Crippen molar-refractivity contribution in [1.82, 2.24) is 15.1 Å². The highest BCUT2D eigenvalue weighted by Crippen LogP contribution is 2.28. The predicted molar refractivity (Wildman–Crippen MR) is 64.5 cm³/mol. The smallest absolute Gasteiger partial charge is 0.0860 e. The second-order valence-corrected chi connectivity index (χ2v) is 4.94. The van der Waals surface area contributed by atoms with E-state index in [4.69, 9.17) is 0 Å². The monoisotopic (exact) mass is 239 g/mol. The van der Waals surface area contributed by atoms with Crippen LogP contribution in [0.1, 0.15) is 25.7 Å². The number of nitrogens with zero attached hydrogens (tertiary/aromatic N) is 2. The summed E-state index contributed by atoms with van der Waals surface area (Å²) in [6, 6.07) is 1.83. The minimum Gasteiger partial charge on any atom is -0.390 e. The van der Waals surface area contributed by atoms with E-state index in [1.54, 1.807) is 10.9 Å². The Hall–Kier alpha value is -0.910. The molecule has 0 amide bonds. The fraction of sp³-hybridized carbons (Fsp3) is 0.750. The number of rotatable bonds is 6. The van der Waals surface area contributed by atoms with Crippen LogP contribution in [0.4, 0.5) is 0 Å². The predicted octanol–water partition coefficient (Wildman–Crippen LogP) is 0.139. The van der Waals surface area contributed by atoms with Gasteiger partial charge in [0, 0.05) is 25.5 Å². The molecule has 96 valence electrons. The fourth-order valence-electron chi connectivity index (χ4n) is 2.37. The van der Waals surface area contributed by atoms with Crippen LogP contribution in [-0.4, -0.2) is 44.8 Å². The lowest BCUT2D eigenvalue weighted by molar-refractivity contribution is 0.0429. The summed E-state index contributed by atoms with van der Waals surface area (Å²) in [5.74, 6) is 0. The topological polar surface area (TPSA) is 70.3 Å². The Labute approximate surface area is 101 Å². The van der Waals surface area contributed by atoms with Gasteiger partial charge in [0.25, 0.3) is 0 Å². The van der Waals surface area contributed by atoms with Crippen LogP contribution in [0.3, 0.4) is 0 Å². The number of hydrogen-bond acceptors (Lipinski definition) is 4. The minimum atomic E-state index is -0.550. The third-order valence-corrected chi connectivity index (χ3v) is 3.33. The molecule has 5 heteroatoms. The van der Waals surface area contributed by atoms with Crippen LogP contribution in [0.15, 0.2) is 18.5 Å². The molecular formula is C12H21N3O2. The van der Waals surface area contributed by atoms with E-state index in [1.165, 1.54) is 0 Å². The van der Waals surface area contributed by atoms with Crippen molar-refractivity contribution in [2.45, 2.75) is 43.9 Å². The number of nitrogens with one attached hydrogen (secondary N) is 1. The summed E-state index contributed by atoms with van der Waals surface area (Å²) in [5.41, 5.74) is -0.550. The molecule has 0 bridgehead atoms. The molecule has 17 heavy (non-hydrogen) atoms.